The van der Waals surface area contributed by atoms with E-state index in [0.29, 0.717) is 0 Å². The van der Waals surface area contributed by atoms with E-state index in [2.05, 4.69) is 23.7 Å². The van der Waals surface area contributed by atoms with Crippen molar-refractivity contribution in [2.45, 2.75) is 84.0 Å². The molecule has 0 aromatic carbocycles. The molecule has 0 spiro atoms. The lowest BCUT2D eigenvalue weighted by Crippen LogP contribution is -2.30. The van der Waals surface area contributed by atoms with E-state index in [-0.39, 0.29) is 0 Å². The van der Waals surface area contributed by atoms with Gasteiger partial charge in [0.1, 0.15) is 0 Å². The average Bonchev–Trinajstić information content (AvgIpc) is 2.60. The molecule has 0 saturated heterocycles. The SMILES string of the molecule is C=CCNCCCN(CCCN)CCCCCCCCCCCC. The molecule has 3 N–H and O–H groups in total. The van der Waals surface area contributed by atoms with Crippen LogP contribution in [0.4, 0.5) is 0 Å². The van der Waals surface area contributed by atoms with Gasteiger partial charge in [0.15, 0.2) is 0 Å². The summed E-state index contributed by atoms with van der Waals surface area (Å²) < 4.78 is 0. The smallest absolute Gasteiger partial charge is 0.0132 e. The molecule has 0 fully saturated rings. The van der Waals surface area contributed by atoms with Crippen molar-refractivity contribution in [3.8, 4) is 0 Å². The summed E-state index contributed by atoms with van der Waals surface area (Å²) in [6.07, 6.45) is 18.4. The van der Waals surface area contributed by atoms with Gasteiger partial charge < -0.3 is 16.0 Å². The van der Waals surface area contributed by atoms with Crippen LogP contribution in [0.2, 0.25) is 0 Å². The van der Waals surface area contributed by atoms with Crippen molar-refractivity contribution < 1.29 is 0 Å². The first-order valence-electron chi connectivity index (χ1n) is 10.6. The Bertz CT molecular complexity index is 243. The Hall–Kier alpha value is -0.380. The first-order chi connectivity index (χ1) is 11.8. The zero-order valence-corrected chi connectivity index (χ0v) is 16.5. The topological polar surface area (TPSA) is 41.3 Å². The largest absolute Gasteiger partial charge is 0.330 e. The van der Waals surface area contributed by atoms with Crippen LogP contribution >= 0.6 is 0 Å². The Morgan fingerprint density at radius 2 is 1.33 bits per heavy atom. The minimum Gasteiger partial charge on any atom is -0.330 e. The molecule has 0 saturated carbocycles. The Labute approximate surface area is 152 Å². The quantitative estimate of drug-likeness (QED) is 0.249. The summed E-state index contributed by atoms with van der Waals surface area (Å²) in [5.74, 6) is 0. The number of unbranched alkanes of at least 4 members (excludes halogenated alkanes) is 9. The summed E-state index contributed by atoms with van der Waals surface area (Å²) in [6, 6.07) is 0. The summed E-state index contributed by atoms with van der Waals surface area (Å²) in [5.41, 5.74) is 5.67. The molecule has 0 unspecified atom stereocenters. The Balaban J connectivity index is 3.50. The molecule has 0 radical (unpaired) electrons. The van der Waals surface area contributed by atoms with Gasteiger partial charge in [0.25, 0.3) is 0 Å². The van der Waals surface area contributed by atoms with Gasteiger partial charge in [0.05, 0.1) is 0 Å². The number of nitrogens with zero attached hydrogens (tertiary/aromatic N) is 1. The molecule has 0 heterocycles. The molecule has 0 aromatic rings. The fourth-order valence-electron chi connectivity index (χ4n) is 3.10. The van der Waals surface area contributed by atoms with Crippen LogP contribution in [0.25, 0.3) is 0 Å². The van der Waals surface area contributed by atoms with Crippen molar-refractivity contribution in [1.29, 1.82) is 0 Å². The summed E-state index contributed by atoms with van der Waals surface area (Å²) in [7, 11) is 0. The summed E-state index contributed by atoms with van der Waals surface area (Å²) in [4.78, 5) is 2.60. The van der Waals surface area contributed by atoms with Gasteiger partial charge in [0.2, 0.25) is 0 Å². The Morgan fingerprint density at radius 3 is 1.92 bits per heavy atom. The molecule has 0 rings (SSSR count). The predicted molar refractivity (Wildman–Crippen MR) is 110 cm³/mol. The molecule has 0 atom stereocenters. The van der Waals surface area contributed by atoms with Gasteiger partial charge in [-0.3, -0.25) is 0 Å². The summed E-state index contributed by atoms with van der Waals surface area (Å²) in [5, 5.41) is 3.39. The highest BCUT2D eigenvalue weighted by atomic mass is 15.1. The average molecular weight is 340 g/mol. The normalized spacial score (nSPS) is 11.3. The van der Waals surface area contributed by atoms with E-state index in [9.17, 15) is 0 Å². The number of nitrogens with two attached hydrogens (primary N) is 1. The zero-order valence-electron chi connectivity index (χ0n) is 16.5. The van der Waals surface area contributed by atoms with Gasteiger partial charge in [-0.25, -0.2) is 0 Å². The van der Waals surface area contributed by atoms with Crippen molar-refractivity contribution >= 4 is 0 Å². The third-order valence-corrected chi connectivity index (χ3v) is 4.62. The zero-order chi connectivity index (χ0) is 17.7. The molecule has 144 valence electrons. The van der Waals surface area contributed by atoms with Crippen LogP contribution in [0.15, 0.2) is 12.7 Å². The number of hydrogen-bond acceptors (Lipinski definition) is 3. The van der Waals surface area contributed by atoms with E-state index in [1.807, 2.05) is 6.08 Å². The highest BCUT2D eigenvalue weighted by molar-refractivity contribution is 4.69. The third kappa shape index (κ3) is 18.0. The summed E-state index contributed by atoms with van der Waals surface area (Å²) in [6.45, 7) is 12.4. The standard InChI is InChI=1S/C21H45N3/c1-3-5-6-7-8-9-10-11-12-13-19-24(20-14-16-22)21-15-18-23-17-4-2/h4,23H,2-3,5-22H2,1H3. The molecule has 3 nitrogen and oxygen atoms in total. The number of rotatable bonds is 20. The van der Waals surface area contributed by atoms with Gasteiger partial charge >= 0.3 is 0 Å². The second-order valence-corrected chi connectivity index (χ2v) is 7.01. The highest BCUT2D eigenvalue weighted by Gasteiger charge is 2.04. The minimum absolute atomic E-state index is 0.809. The maximum absolute atomic E-state index is 5.67. The van der Waals surface area contributed by atoms with E-state index >= 15 is 0 Å². The predicted octanol–water partition coefficient (Wildman–Crippen LogP) is 4.72. The lowest BCUT2D eigenvalue weighted by atomic mass is 10.1. The number of hydrogen-bond donors (Lipinski definition) is 2. The molecule has 0 amide bonds. The molecular weight excluding hydrogens is 294 g/mol. The Kier molecular flexibility index (Phi) is 20.3. The fraction of sp³-hybridized carbons (Fsp3) is 0.905. The van der Waals surface area contributed by atoms with E-state index in [1.54, 1.807) is 0 Å². The monoisotopic (exact) mass is 339 g/mol. The van der Waals surface area contributed by atoms with Crippen LogP contribution in [0.3, 0.4) is 0 Å². The van der Waals surface area contributed by atoms with Crippen molar-refractivity contribution in [2.24, 2.45) is 5.73 Å². The van der Waals surface area contributed by atoms with Crippen LogP contribution in [-0.2, 0) is 0 Å². The molecule has 3 heteroatoms. The molecule has 0 aliphatic carbocycles. The highest BCUT2D eigenvalue weighted by Crippen LogP contribution is 2.11. The Morgan fingerprint density at radius 1 is 0.792 bits per heavy atom. The van der Waals surface area contributed by atoms with Gasteiger partial charge in [-0.1, -0.05) is 70.8 Å². The first-order valence-corrected chi connectivity index (χ1v) is 10.6. The van der Waals surface area contributed by atoms with E-state index in [4.69, 9.17) is 5.73 Å². The molecule has 0 aromatic heterocycles. The lowest BCUT2D eigenvalue weighted by molar-refractivity contribution is 0.261. The van der Waals surface area contributed by atoms with E-state index in [1.165, 1.54) is 83.7 Å². The minimum atomic E-state index is 0.809. The van der Waals surface area contributed by atoms with Gasteiger partial charge in [0, 0.05) is 6.54 Å². The second kappa shape index (κ2) is 20.7. The van der Waals surface area contributed by atoms with Crippen LogP contribution in [0.5, 0.6) is 0 Å². The first kappa shape index (κ1) is 23.6. The van der Waals surface area contributed by atoms with Crippen molar-refractivity contribution in [2.75, 3.05) is 39.3 Å². The number of nitrogens with one attached hydrogen (secondary N) is 1. The van der Waals surface area contributed by atoms with Gasteiger partial charge in [-0.15, -0.1) is 6.58 Å². The maximum atomic E-state index is 5.67. The van der Waals surface area contributed by atoms with Crippen LogP contribution in [0.1, 0.15) is 84.0 Å². The molecule has 0 bridgehead atoms. The van der Waals surface area contributed by atoms with Crippen LogP contribution in [0, 0.1) is 0 Å². The molecule has 0 aliphatic heterocycles. The summed E-state index contributed by atoms with van der Waals surface area (Å²) >= 11 is 0. The van der Waals surface area contributed by atoms with Crippen LogP contribution in [-0.4, -0.2) is 44.2 Å². The van der Waals surface area contributed by atoms with Crippen molar-refractivity contribution in [3.05, 3.63) is 12.7 Å². The molecule has 0 aliphatic rings. The van der Waals surface area contributed by atoms with Crippen molar-refractivity contribution in [3.63, 3.8) is 0 Å². The van der Waals surface area contributed by atoms with E-state index < -0.39 is 0 Å². The third-order valence-electron chi connectivity index (χ3n) is 4.62. The second-order valence-electron chi connectivity index (χ2n) is 7.01. The van der Waals surface area contributed by atoms with Crippen molar-refractivity contribution in [1.82, 2.24) is 10.2 Å². The van der Waals surface area contributed by atoms with Gasteiger partial charge in [-0.05, 0) is 52.0 Å². The van der Waals surface area contributed by atoms with E-state index in [0.717, 1.165) is 32.6 Å². The van der Waals surface area contributed by atoms with Gasteiger partial charge in [-0.2, -0.15) is 0 Å². The fourth-order valence-corrected chi connectivity index (χ4v) is 3.10. The van der Waals surface area contributed by atoms with Crippen LogP contribution < -0.4 is 11.1 Å². The maximum Gasteiger partial charge on any atom is 0.0132 e. The molecular formula is C21H45N3. The molecule has 24 heavy (non-hydrogen) atoms. The lowest BCUT2D eigenvalue weighted by Gasteiger charge is -2.22.